The van der Waals surface area contributed by atoms with Gasteiger partial charge in [-0.25, -0.2) is 8.78 Å². The first-order chi connectivity index (χ1) is 15.4. The van der Waals surface area contributed by atoms with Crippen LogP contribution in [0.2, 0.25) is 0 Å². The highest BCUT2D eigenvalue weighted by atomic mass is 19.4. The van der Waals surface area contributed by atoms with Crippen molar-refractivity contribution in [1.29, 1.82) is 0 Å². The lowest BCUT2D eigenvalue weighted by Gasteiger charge is -2.44. The number of alkyl halides is 4. The molecule has 4 rings (SSSR count). The molecule has 0 spiro atoms. The summed E-state index contributed by atoms with van der Waals surface area (Å²) in [7, 11) is 0. The third-order valence-electron chi connectivity index (χ3n) is 7.37. The number of fused-ring (bicyclic) bond motifs is 3. The van der Waals surface area contributed by atoms with Crippen LogP contribution in [0.25, 0.3) is 0 Å². The van der Waals surface area contributed by atoms with Gasteiger partial charge in [-0.3, -0.25) is 9.69 Å². The van der Waals surface area contributed by atoms with E-state index in [-0.39, 0.29) is 18.3 Å². The monoisotopic (exact) mass is 467 g/mol. The number of carboxylic acid groups (broad SMARTS) is 1. The van der Waals surface area contributed by atoms with Crippen molar-refractivity contribution in [2.24, 2.45) is 0 Å². The molecule has 0 radical (unpaired) electrons. The maximum absolute atomic E-state index is 14.7. The van der Waals surface area contributed by atoms with E-state index in [9.17, 15) is 26.7 Å². The Balaban J connectivity index is 1.75. The van der Waals surface area contributed by atoms with Gasteiger partial charge in [0.25, 0.3) is 0 Å². The molecule has 0 saturated carbocycles. The van der Waals surface area contributed by atoms with E-state index < -0.39 is 28.8 Å². The summed E-state index contributed by atoms with van der Waals surface area (Å²) in [5, 5.41) is 9.14. The number of nitrogens with zero attached hydrogens (tertiary/aromatic N) is 1. The van der Waals surface area contributed by atoms with Crippen LogP contribution in [0.3, 0.4) is 0 Å². The Morgan fingerprint density at radius 3 is 2.48 bits per heavy atom. The second-order valence-corrected chi connectivity index (χ2v) is 9.32. The van der Waals surface area contributed by atoms with Gasteiger partial charge in [0.15, 0.2) is 0 Å². The van der Waals surface area contributed by atoms with Crippen LogP contribution in [0.15, 0.2) is 42.5 Å². The van der Waals surface area contributed by atoms with E-state index in [0.29, 0.717) is 51.3 Å². The van der Waals surface area contributed by atoms with Gasteiger partial charge in [0.1, 0.15) is 5.82 Å². The number of hydrogen-bond acceptors (Lipinski definition) is 2. The zero-order valence-corrected chi connectivity index (χ0v) is 18.3. The van der Waals surface area contributed by atoms with E-state index in [1.54, 1.807) is 18.2 Å². The second kappa shape index (κ2) is 8.38. The minimum absolute atomic E-state index is 0.000343. The lowest BCUT2D eigenvalue weighted by Crippen LogP contribution is -2.48. The van der Waals surface area contributed by atoms with Crippen molar-refractivity contribution in [3.05, 3.63) is 70.5 Å². The molecular weight excluding hydrogens is 441 g/mol. The van der Waals surface area contributed by atoms with Crippen LogP contribution in [-0.4, -0.2) is 41.3 Å². The summed E-state index contributed by atoms with van der Waals surface area (Å²) in [5.74, 6) is -1.24. The Hall–Kier alpha value is -2.48. The summed E-state index contributed by atoms with van der Waals surface area (Å²) in [5.41, 5.74) is -1.87. The second-order valence-electron chi connectivity index (χ2n) is 9.32. The van der Waals surface area contributed by atoms with Crippen molar-refractivity contribution in [3.8, 4) is 0 Å². The molecule has 0 amide bonds. The number of carboxylic acids is 1. The normalized spacial score (nSPS) is 24.7. The van der Waals surface area contributed by atoms with Crippen LogP contribution < -0.4 is 0 Å². The highest BCUT2D eigenvalue weighted by Crippen LogP contribution is 2.50. The molecule has 33 heavy (non-hydrogen) atoms. The van der Waals surface area contributed by atoms with E-state index in [1.165, 1.54) is 24.3 Å². The fraction of sp³-hybridized carbons (Fsp3) is 0.480. The topological polar surface area (TPSA) is 40.5 Å². The number of aryl methyl sites for hydroxylation is 1. The van der Waals surface area contributed by atoms with Crippen molar-refractivity contribution >= 4 is 5.97 Å². The summed E-state index contributed by atoms with van der Waals surface area (Å²) >= 11 is 0. The molecule has 1 aliphatic carbocycles. The number of likely N-dealkylation sites (tertiary alicyclic amines) is 1. The average Bonchev–Trinajstić information content (AvgIpc) is 3.11. The van der Waals surface area contributed by atoms with Gasteiger partial charge < -0.3 is 5.11 Å². The Kier molecular flexibility index (Phi) is 6.01. The van der Waals surface area contributed by atoms with Crippen molar-refractivity contribution in [1.82, 2.24) is 4.90 Å². The fourth-order valence-corrected chi connectivity index (χ4v) is 5.60. The zero-order valence-electron chi connectivity index (χ0n) is 18.3. The molecule has 178 valence electrons. The Bertz CT molecular complexity index is 1030. The minimum atomic E-state index is -5.02. The van der Waals surface area contributed by atoms with Crippen LogP contribution in [0.5, 0.6) is 0 Å². The Labute approximate surface area is 189 Å². The molecule has 2 aliphatic rings. The molecule has 1 heterocycles. The molecule has 3 atom stereocenters. The van der Waals surface area contributed by atoms with Crippen LogP contribution >= 0.6 is 0 Å². The third-order valence-corrected chi connectivity index (χ3v) is 7.37. The summed E-state index contributed by atoms with van der Waals surface area (Å²) in [6.07, 6.45) is -2.68. The van der Waals surface area contributed by atoms with Crippen LogP contribution in [0.1, 0.15) is 48.4 Å². The standard InChI is InChI=1S/C25H26F5NO2/c1-23(27,25(28,29)30)18-5-8-20-17(14-18)4-9-21-24(20,11-13-31(21)12-10-22(32)33)15-16-2-6-19(26)7-3-16/h2-3,5-8,14,21H,4,9-13,15H2,1H3,(H,32,33)/t21-,23?,24-/m1/s1. The number of aliphatic carboxylic acids is 1. The largest absolute Gasteiger partial charge is 0.481 e. The number of carbonyl (C=O) groups is 1. The van der Waals surface area contributed by atoms with Gasteiger partial charge in [-0.1, -0.05) is 30.3 Å². The van der Waals surface area contributed by atoms with Crippen molar-refractivity contribution in [2.45, 2.75) is 62.3 Å². The van der Waals surface area contributed by atoms with Gasteiger partial charge in [-0.2, -0.15) is 13.2 Å². The van der Waals surface area contributed by atoms with Crippen molar-refractivity contribution in [3.63, 3.8) is 0 Å². The predicted molar refractivity (Wildman–Crippen MR) is 113 cm³/mol. The zero-order chi connectivity index (χ0) is 24.0. The SMILES string of the molecule is CC(F)(c1ccc2c(c1)CC[C@H]1N(CCC(=O)O)CC[C@@]21Cc1ccc(F)cc1)C(F)(F)F. The third kappa shape index (κ3) is 4.25. The number of rotatable bonds is 6. The first-order valence-electron chi connectivity index (χ1n) is 11.0. The Morgan fingerprint density at radius 2 is 1.85 bits per heavy atom. The minimum Gasteiger partial charge on any atom is -0.481 e. The lowest BCUT2D eigenvalue weighted by atomic mass is 9.63. The van der Waals surface area contributed by atoms with Gasteiger partial charge in [-0.05, 0) is 73.5 Å². The first kappa shape index (κ1) is 23.7. The number of halogens is 5. The highest BCUT2D eigenvalue weighted by Gasteiger charge is 2.55. The van der Waals surface area contributed by atoms with Gasteiger partial charge in [-0.15, -0.1) is 0 Å². The average molecular weight is 467 g/mol. The summed E-state index contributed by atoms with van der Waals surface area (Å²) in [4.78, 5) is 13.3. The predicted octanol–water partition coefficient (Wildman–Crippen LogP) is 5.55. The van der Waals surface area contributed by atoms with Gasteiger partial charge in [0.05, 0.1) is 6.42 Å². The molecule has 1 aliphatic heterocycles. The molecule has 0 aromatic heterocycles. The maximum Gasteiger partial charge on any atom is 0.426 e. The molecule has 2 aromatic rings. The molecule has 3 nitrogen and oxygen atoms in total. The fourth-order valence-electron chi connectivity index (χ4n) is 5.60. The summed E-state index contributed by atoms with van der Waals surface area (Å²) < 4.78 is 68.0. The van der Waals surface area contributed by atoms with Gasteiger partial charge in [0.2, 0.25) is 5.67 Å². The molecule has 1 saturated heterocycles. The highest BCUT2D eigenvalue weighted by molar-refractivity contribution is 5.66. The lowest BCUT2D eigenvalue weighted by molar-refractivity contribution is -0.228. The quantitative estimate of drug-likeness (QED) is 0.567. The van der Waals surface area contributed by atoms with Gasteiger partial charge in [0, 0.05) is 18.0 Å². The van der Waals surface area contributed by atoms with E-state index >= 15 is 0 Å². The van der Waals surface area contributed by atoms with Crippen LogP contribution in [-0.2, 0) is 28.7 Å². The Morgan fingerprint density at radius 1 is 1.15 bits per heavy atom. The van der Waals surface area contributed by atoms with E-state index in [1.807, 2.05) is 0 Å². The molecule has 1 fully saturated rings. The summed E-state index contributed by atoms with van der Waals surface area (Å²) in [6, 6.07) is 10.3. The van der Waals surface area contributed by atoms with E-state index in [0.717, 1.165) is 11.1 Å². The molecular formula is C25H26F5NO2. The number of benzene rings is 2. The van der Waals surface area contributed by atoms with E-state index in [2.05, 4.69) is 4.90 Å². The van der Waals surface area contributed by atoms with Gasteiger partial charge >= 0.3 is 12.1 Å². The molecule has 2 aromatic carbocycles. The van der Waals surface area contributed by atoms with Crippen LogP contribution in [0, 0.1) is 5.82 Å². The molecule has 0 bridgehead atoms. The van der Waals surface area contributed by atoms with Crippen LogP contribution in [0.4, 0.5) is 22.0 Å². The number of hydrogen-bond donors (Lipinski definition) is 1. The molecule has 1 N–H and O–H groups in total. The maximum atomic E-state index is 14.7. The van der Waals surface area contributed by atoms with Crippen molar-refractivity contribution in [2.75, 3.05) is 13.1 Å². The molecule has 8 heteroatoms. The van der Waals surface area contributed by atoms with E-state index in [4.69, 9.17) is 5.11 Å². The summed E-state index contributed by atoms with van der Waals surface area (Å²) in [6.45, 7) is 1.58. The smallest absolute Gasteiger partial charge is 0.426 e. The van der Waals surface area contributed by atoms with Crippen molar-refractivity contribution < 1.29 is 31.9 Å². The first-order valence-corrected chi connectivity index (χ1v) is 11.0. The molecule has 1 unspecified atom stereocenters.